The maximum Gasteiger partial charge on any atom is 0.132 e. The molecule has 1 aliphatic rings. The molecular formula is C19H18N2S2. The molecule has 0 aliphatic carbocycles. The van der Waals surface area contributed by atoms with Crippen molar-refractivity contribution >= 4 is 28.9 Å². The number of nitrogens with zero attached hydrogens (tertiary/aromatic N) is 2. The molecule has 0 N–H and O–H groups in total. The van der Waals surface area contributed by atoms with E-state index in [0.717, 1.165) is 31.0 Å². The van der Waals surface area contributed by atoms with Crippen LogP contribution in [0.3, 0.4) is 0 Å². The summed E-state index contributed by atoms with van der Waals surface area (Å²) in [7, 11) is 0. The topological polar surface area (TPSA) is 16.1 Å². The first-order chi connectivity index (χ1) is 11.3. The lowest BCUT2D eigenvalue weighted by Gasteiger charge is -2.18. The first-order valence-corrected chi connectivity index (χ1v) is 9.85. The van der Waals surface area contributed by atoms with Crippen LogP contribution in [0.25, 0.3) is 11.3 Å². The number of rotatable bonds is 4. The first kappa shape index (κ1) is 14.8. The summed E-state index contributed by atoms with van der Waals surface area (Å²) in [5.41, 5.74) is 3.62. The molecule has 23 heavy (non-hydrogen) atoms. The number of aromatic nitrogens is 1. The minimum Gasteiger partial charge on any atom is -0.351 e. The van der Waals surface area contributed by atoms with E-state index in [4.69, 9.17) is 4.98 Å². The largest absolute Gasteiger partial charge is 0.351 e. The van der Waals surface area contributed by atoms with Gasteiger partial charge in [0, 0.05) is 21.9 Å². The molecule has 3 heterocycles. The smallest absolute Gasteiger partial charge is 0.132 e. The van der Waals surface area contributed by atoms with Crippen molar-refractivity contribution < 1.29 is 0 Å². The van der Waals surface area contributed by atoms with E-state index in [1.54, 1.807) is 11.8 Å². The molecule has 0 bridgehead atoms. The molecule has 4 heteroatoms. The molecule has 1 aliphatic heterocycles. The standard InChI is InChI=1S/C19H18N2S2/c1-22-16-7-4-14(5-8-16)18-9-6-15-10-11-21(19(15)20-18)13-17-3-2-12-23-17/h2-9,12H,10-11,13H2,1H3. The van der Waals surface area contributed by atoms with Crippen molar-refractivity contribution in [1.29, 1.82) is 0 Å². The molecule has 0 spiro atoms. The van der Waals surface area contributed by atoms with Crippen molar-refractivity contribution in [3.63, 3.8) is 0 Å². The average Bonchev–Trinajstić information content (AvgIpc) is 3.25. The van der Waals surface area contributed by atoms with Gasteiger partial charge in [-0.1, -0.05) is 24.3 Å². The van der Waals surface area contributed by atoms with Gasteiger partial charge in [-0.25, -0.2) is 4.98 Å². The Balaban J connectivity index is 1.64. The van der Waals surface area contributed by atoms with E-state index in [1.165, 1.54) is 20.9 Å². The molecule has 0 amide bonds. The minimum absolute atomic E-state index is 0.965. The van der Waals surface area contributed by atoms with Crippen LogP contribution in [0.15, 0.2) is 58.8 Å². The predicted molar refractivity (Wildman–Crippen MR) is 101 cm³/mol. The number of fused-ring (bicyclic) bond motifs is 1. The third-order valence-corrected chi connectivity index (χ3v) is 5.82. The molecule has 0 atom stereocenters. The van der Waals surface area contributed by atoms with E-state index in [0.29, 0.717) is 0 Å². The fourth-order valence-electron chi connectivity index (χ4n) is 2.97. The maximum absolute atomic E-state index is 4.96. The van der Waals surface area contributed by atoms with E-state index >= 15 is 0 Å². The first-order valence-electron chi connectivity index (χ1n) is 7.75. The van der Waals surface area contributed by atoms with E-state index in [-0.39, 0.29) is 0 Å². The van der Waals surface area contributed by atoms with Gasteiger partial charge in [0.25, 0.3) is 0 Å². The molecule has 0 unspecified atom stereocenters. The SMILES string of the molecule is CSc1ccc(-c2ccc3c(n2)N(Cc2cccs2)CC3)cc1. The van der Waals surface area contributed by atoms with Crippen molar-refractivity contribution in [1.82, 2.24) is 4.98 Å². The summed E-state index contributed by atoms with van der Waals surface area (Å²) in [5, 5.41) is 2.14. The number of pyridine rings is 1. The summed E-state index contributed by atoms with van der Waals surface area (Å²) >= 11 is 3.59. The zero-order chi connectivity index (χ0) is 15.6. The molecule has 4 rings (SSSR count). The van der Waals surface area contributed by atoms with E-state index < -0.39 is 0 Å². The zero-order valence-corrected chi connectivity index (χ0v) is 14.7. The number of hydrogen-bond donors (Lipinski definition) is 0. The number of anilines is 1. The van der Waals surface area contributed by atoms with Crippen LogP contribution in [-0.2, 0) is 13.0 Å². The van der Waals surface area contributed by atoms with Gasteiger partial charge in [-0.3, -0.25) is 0 Å². The van der Waals surface area contributed by atoms with Gasteiger partial charge in [0.05, 0.1) is 12.2 Å². The van der Waals surface area contributed by atoms with Gasteiger partial charge in [-0.2, -0.15) is 0 Å². The van der Waals surface area contributed by atoms with Gasteiger partial charge in [-0.05, 0) is 47.9 Å². The van der Waals surface area contributed by atoms with E-state index in [2.05, 4.69) is 65.1 Å². The third kappa shape index (κ3) is 3.01. The van der Waals surface area contributed by atoms with Crippen LogP contribution in [0, 0.1) is 0 Å². The summed E-state index contributed by atoms with van der Waals surface area (Å²) in [6.45, 7) is 2.03. The Morgan fingerprint density at radius 2 is 2.00 bits per heavy atom. The van der Waals surface area contributed by atoms with Gasteiger partial charge < -0.3 is 4.90 Å². The van der Waals surface area contributed by atoms with Crippen molar-refractivity contribution in [2.24, 2.45) is 0 Å². The summed E-state index contributed by atoms with van der Waals surface area (Å²) < 4.78 is 0. The number of hydrogen-bond acceptors (Lipinski definition) is 4. The number of thioether (sulfide) groups is 1. The Labute approximate surface area is 145 Å². The van der Waals surface area contributed by atoms with Crippen LogP contribution >= 0.6 is 23.1 Å². The van der Waals surface area contributed by atoms with Gasteiger partial charge in [0.15, 0.2) is 0 Å². The van der Waals surface area contributed by atoms with Gasteiger partial charge in [0.1, 0.15) is 5.82 Å². The fourth-order valence-corrected chi connectivity index (χ4v) is 4.10. The van der Waals surface area contributed by atoms with E-state index in [1.807, 2.05) is 11.3 Å². The molecular weight excluding hydrogens is 320 g/mol. The van der Waals surface area contributed by atoms with Gasteiger partial charge in [-0.15, -0.1) is 23.1 Å². The van der Waals surface area contributed by atoms with Crippen molar-refractivity contribution in [2.75, 3.05) is 17.7 Å². The van der Waals surface area contributed by atoms with Crippen molar-refractivity contribution in [3.05, 3.63) is 64.4 Å². The van der Waals surface area contributed by atoms with Crippen molar-refractivity contribution in [3.8, 4) is 11.3 Å². The zero-order valence-electron chi connectivity index (χ0n) is 13.0. The lowest BCUT2D eigenvalue weighted by atomic mass is 10.1. The van der Waals surface area contributed by atoms with Gasteiger partial charge in [0.2, 0.25) is 0 Å². The molecule has 1 aromatic carbocycles. The Bertz CT molecular complexity index is 795. The fraction of sp³-hybridized carbons (Fsp3) is 0.211. The molecule has 0 fully saturated rings. The highest BCUT2D eigenvalue weighted by atomic mass is 32.2. The number of benzene rings is 1. The lowest BCUT2D eigenvalue weighted by molar-refractivity contribution is 0.836. The second kappa shape index (κ2) is 6.38. The van der Waals surface area contributed by atoms with Crippen LogP contribution in [0.1, 0.15) is 10.4 Å². The normalized spacial score (nSPS) is 13.3. The summed E-state index contributed by atoms with van der Waals surface area (Å²) in [5.74, 6) is 1.16. The third-order valence-electron chi connectivity index (χ3n) is 4.22. The highest BCUT2D eigenvalue weighted by Crippen LogP contribution is 2.31. The Morgan fingerprint density at radius 3 is 2.74 bits per heavy atom. The van der Waals surface area contributed by atoms with Crippen LogP contribution in [0.2, 0.25) is 0 Å². The average molecular weight is 339 g/mol. The van der Waals surface area contributed by atoms with Crippen LogP contribution in [-0.4, -0.2) is 17.8 Å². The predicted octanol–water partition coefficient (Wildman–Crippen LogP) is 5.09. The van der Waals surface area contributed by atoms with Crippen molar-refractivity contribution in [2.45, 2.75) is 17.9 Å². The second-order valence-electron chi connectivity index (χ2n) is 5.66. The Hall–Kier alpha value is -1.78. The van der Waals surface area contributed by atoms with Gasteiger partial charge >= 0.3 is 0 Å². The highest BCUT2D eigenvalue weighted by Gasteiger charge is 2.21. The molecule has 0 saturated heterocycles. The molecule has 2 aromatic heterocycles. The molecule has 116 valence electrons. The highest BCUT2D eigenvalue weighted by molar-refractivity contribution is 7.98. The molecule has 2 nitrogen and oxygen atoms in total. The maximum atomic E-state index is 4.96. The second-order valence-corrected chi connectivity index (χ2v) is 7.57. The number of thiophene rings is 1. The van der Waals surface area contributed by atoms with E-state index in [9.17, 15) is 0 Å². The Kier molecular flexibility index (Phi) is 4.10. The van der Waals surface area contributed by atoms with Crippen LogP contribution in [0.4, 0.5) is 5.82 Å². The monoisotopic (exact) mass is 338 g/mol. The molecule has 0 radical (unpaired) electrons. The summed E-state index contributed by atoms with van der Waals surface area (Å²) in [6, 6.07) is 17.4. The molecule has 0 saturated carbocycles. The quantitative estimate of drug-likeness (QED) is 0.616. The lowest BCUT2D eigenvalue weighted by Crippen LogP contribution is -2.19. The summed E-state index contributed by atoms with van der Waals surface area (Å²) in [6.07, 6.45) is 3.20. The van der Waals surface area contributed by atoms with Crippen LogP contribution in [0.5, 0.6) is 0 Å². The Morgan fingerprint density at radius 1 is 1.13 bits per heavy atom. The van der Waals surface area contributed by atoms with Crippen LogP contribution < -0.4 is 4.90 Å². The minimum atomic E-state index is 0.965. The summed E-state index contributed by atoms with van der Waals surface area (Å²) in [4.78, 5) is 10.1. The molecule has 3 aromatic rings.